The molecule has 0 unspecified atom stereocenters. The van der Waals surface area contributed by atoms with Gasteiger partial charge in [-0.2, -0.15) is 0 Å². The van der Waals surface area contributed by atoms with Gasteiger partial charge in [0, 0.05) is 11.8 Å². The van der Waals surface area contributed by atoms with Crippen LogP contribution < -0.4 is 5.43 Å². The number of nitroso groups, excluding NO2 is 1. The molecule has 1 aromatic carbocycles. The van der Waals surface area contributed by atoms with Crippen molar-refractivity contribution in [1.29, 1.82) is 0 Å². The summed E-state index contributed by atoms with van der Waals surface area (Å²) in [4.78, 5) is 26.7. The van der Waals surface area contributed by atoms with Crippen LogP contribution in [0.3, 0.4) is 0 Å². The van der Waals surface area contributed by atoms with Gasteiger partial charge in [0.15, 0.2) is 22.9 Å². The zero-order valence-electron chi connectivity index (χ0n) is 12.3. The van der Waals surface area contributed by atoms with E-state index in [1.165, 1.54) is 18.3 Å². The van der Waals surface area contributed by atoms with Crippen LogP contribution in [0, 0.1) is 4.91 Å². The Balaban J connectivity index is 2.03. The Morgan fingerprint density at radius 3 is 2.64 bits per heavy atom. The van der Waals surface area contributed by atoms with E-state index < -0.39 is 16.9 Å². The zero-order valence-corrected chi connectivity index (χ0v) is 14.7. The third kappa shape index (κ3) is 3.11. The van der Waals surface area contributed by atoms with E-state index in [4.69, 9.17) is 0 Å². The molecule has 3 N–H and O–H groups in total. The number of hydrogen-bond acceptors (Lipinski definition) is 8. The number of fused-ring (bicyclic) bond motifs is 1. The van der Waals surface area contributed by atoms with E-state index >= 15 is 0 Å². The molecule has 7 nitrogen and oxygen atoms in total. The highest BCUT2D eigenvalue weighted by Gasteiger charge is 2.16. The van der Waals surface area contributed by atoms with Gasteiger partial charge in [0.25, 0.3) is 5.43 Å². The van der Waals surface area contributed by atoms with Crippen molar-refractivity contribution in [3.8, 4) is 27.7 Å². The first-order valence-corrected chi connectivity index (χ1v) is 8.41. The van der Waals surface area contributed by atoms with Crippen LogP contribution in [-0.4, -0.2) is 20.3 Å². The molecule has 0 bridgehead atoms. The Hall–Kier alpha value is -2.78. The van der Waals surface area contributed by atoms with E-state index in [0.717, 1.165) is 11.3 Å². The van der Waals surface area contributed by atoms with Gasteiger partial charge in [-0.15, -0.1) is 16.2 Å². The van der Waals surface area contributed by atoms with Crippen LogP contribution in [0.5, 0.6) is 17.2 Å². The molecule has 9 heteroatoms. The molecule has 2 aliphatic rings. The van der Waals surface area contributed by atoms with Gasteiger partial charge in [-0.3, -0.25) is 4.79 Å². The molecule has 0 saturated heterocycles. The average molecular weight is 421 g/mol. The molecule has 0 aromatic heterocycles. The number of benzene rings is 2. The Kier molecular flexibility index (Phi) is 4.51. The van der Waals surface area contributed by atoms with Crippen LogP contribution in [0.15, 0.2) is 38.8 Å². The first kappa shape index (κ1) is 17.1. The number of halogens is 1. The van der Waals surface area contributed by atoms with Gasteiger partial charge in [-0.25, -0.2) is 4.98 Å². The van der Waals surface area contributed by atoms with Crippen LogP contribution in [0.4, 0.5) is 5.69 Å². The van der Waals surface area contributed by atoms with Crippen molar-refractivity contribution in [1.82, 2.24) is 4.98 Å². The summed E-state index contributed by atoms with van der Waals surface area (Å²) in [6.07, 6.45) is 4.68. The maximum absolute atomic E-state index is 11.6. The number of aromatic hydroxyl groups is 3. The number of hydrogen-bond donors (Lipinski definition) is 3. The second kappa shape index (κ2) is 6.61. The number of aromatic nitrogens is 1. The molecule has 0 spiro atoms. The molecule has 0 radical (unpaired) electrons. The highest BCUT2D eigenvalue weighted by Crippen LogP contribution is 2.38. The molecule has 1 aromatic rings. The molecule has 1 heterocycles. The molecule has 0 amide bonds. The van der Waals surface area contributed by atoms with Crippen LogP contribution >= 0.6 is 27.3 Å². The maximum atomic E-state index is 11.6. The number of phenolic OH excluding ortho intramolecular Hbond substituents is 3. The normalized spacial score (nSPS) is 11.2. The minimum atomic E-state index is -0.838. The van der Waals surface area contributed by atoms with Crippen molar-refractivity contribution in [2.75, 3.05) is 0 Å². The lowest BCUT2D eigenvalue weighted by molar-refractivity contribution is 0.443. The summed E-state index contributed by atoms with van der Waals surface area (Å²) in [6.45, 7) is 0. The molecule has 0 atom stereocenters. The van der Waals surface area contributed by atoms with E-state index in [2.05, 4.69) is 26.1 Å². The van der Waals surface area contributed by atoms with Gasteiger partial charge < -0.3 is 15.3 Å². The molecule has 1 aliphatic heterocycles. The molecule has 3 rings (SSSR count). The van der Waals surface area contributed by atoms with Gasteiger partial charge >= 0.3 is 0 Å². The van der Waals surface area contributed by atoms with Crippen molar-refractivity contribution in [3.63, 3.8) is 0 Å². The summed E-state index contributed by atoms with van der Waals surface area (Å²) < 4.78 is 0.307. The molecular formula is C16H9BrN2O5S. The van der Waals surface area contributed by atoms with Crippen molar-refractivity contribution in [2.24, 2.45) is 5.18 Å². The van der Waals surface area contributed by atoms with E-state index in [0.29, 0.717) is 25.5 Å². The van der Waals surface area contributed by atoms with Gasteiger partial charge in [-0.1, -0.05) is 12.1 Å². The SMILES string of the molecule is O=Nc1ccc(/C=C/c2ncc3cc(O)c(=O)c(O)c-3s2)c(Br)c1O. The molecule has 0 saturated carbocycles. The maximum Gasteiger partial charge on any atom is 0.263 e. The minimum absolute atomic E-state index is 0.0802. The zero-order chi connectivity index (χ0) is 18.1. The molecule has 1 aliphatic carbocycles. The predicted octanol–water partition coefficient (Wildman–Crippen LogP) is 4.06. The fraction of sp³-hybridized carbons (Fsp3) is 0. The van der Waals surface area contributed by atoms with E-state index in [1.807, 2.05) is 0 Å². The van der Waals surface area contributed by atoms with E-state index in [-0.39, 0.29) is 11.4 Å². The summed E-state index contributed by atoms with van der Waals surface area (Å²) in [5.41, 5.74) is 0.105. The topological polar surface area (TPSA) is 120 Å². The van der Waals surface area contributed by atoms with Crippen LogP contribution in [0.2, 0.25) is 0 Å². The van der Waals surface area contributed by atoms with Crippen molar-refractivity contribution in [3.05, 3.63) is 54.6 Å². The Bertz CT molecular complexity index is 1050. The number of rotatable bonds is 3. The second-order valence-corrected chi connectivity index (χ2v) is 6.78. The van der Waals surface area contributed by atoms with Crippen molar-refractivity contribution >= 4 is 45.1 Å². The predicted molar refractivity (Wildman–Crippen MR) is 98.5 cm³/mol. The number of phenols is 3. The van der Waals surface area contributed by atoms with Gasteiger partial charge in [0.05, 0.1) is 9.35 Å². The third-order valence-corrected chi connectivity index (χ3v) is 5.30. The lowest BCUT2D eigenvalue weighted by Gasteiger charge is -2.07. The molecule has 126 valence electrons. The van der Waals surface area contributed by atoms with Gasteiger partial charge in [0.1, 0.15) is 5.01 Å². The monoisotopic (exact) mass is 420 g/mol. The Morgan fingerprint density at radius 1 is 1.16 bits per heavy atom. The van der Waals surface area contributed by atoms with E-state index in [1.54, 1.807) is 18.2 Å². The van der Waals surface area contributed by atoms with Gasteiger partial charge in [0.2, 0.25) is 0 Å². The standard InChI is InChI=1S/C16H9BrN2O5S/c17-12-7(1-3-9(19-24)13(12)21)2-4-11-18-6-8-5-10(20)14(22)15(23)16(8)25-11/h1-6,20-21,23H/b4-2+. The lowest BCUT2D eigenvalue weighted by atomic mass is 10.1. The summed E-state index contributed by atoms with van der Waals surface area (Å²) in [7, 11) is 0. The average Bonchev–Trinajstić information content (AvgIpc) is 2.61. The fourth-order valence-corrected chi connectivity index (χ4v) is 3.45. The van der Waals surface area contributed by atoms with Crippen molar-refractivity contribution < 1.29 is 15.3 Å². The minimum Gasteiger partial charge on any atom is -0.504 e. The molecule has 25 heavy (non-hydrogen) atoms. The number of nitrogens with zero attached hydrogens (tertiary/aromatic N) is 2. The highest BCUT2D eigenvalue weighted by atomic mass is 79.9. The molecular weight excluding hydrogens is 412 g/mol. The van der Waals surface area contributed by atoms with Crippen LogP contribution in [0.1, 0.15) is 10.6 Å². The highest BCUT2D eigenvalue weighted by molar-refractivity contribution is 9.10. The second-order valence-electron chi connectivity index (χ2n) is 4.95. The Labute approximate surface area is 153 Å². The quantitative estimate of drug-likeness (QED) is 0.549. The Morgan fingerprint density at radius 2 is 1.92 bits per heavy atom. The summed E-state index contributed by atoms with van der Waals surface area (Å²) in [5.74, 6) is -1.33. The fourth-order valence-electron chi connectivity index (χ4n) is 2.12. The van der Waals surface area contributed by atoms with Crippen molar-refractivity contribution in [2.45, 2.75) is 0 Å². The summed E-state index contributed by atoms with van der Waals surface area (Å²) >= 11 is 4.26. The first-order valence-electron chi connectivity index (χ1n) is 6.80. The largest absolute Gasteiger partial charge is 0.504 e. The lowest BCUT2D eigenvalue weighted by Crippen LogP contribution is -2.01. The summed E-state index contributed by atoms with van der Waals surface area (Å²) in [5, 5.41) is 32.4. The van der Waals surface area contributed by atoms with E-state index in [9.17, 15) is 25.0 Å². The smallest absolute Gasteiger partial charge is 0.263 e. The first-order chi connectivity index (χ1) is 11.9. The summed E-state index contributed by atoms with van der Waals surface area (Å²) in [6, 6.07) is 4.21. The van der Waals surface area contributed by atoms with Crippen LogP contribution in [-0.2, 0) is 0 Å². The van der Waals surface area contributed by atoms with Crippen LogP contribution in [0.25, 0.3) is 22.6 Å². The third-order valence-electron chi connectivity index (χ3n) is 3.38. The molecule has 0 fully saturated rings. The van der Waals surface area contributed by atoms with Gasteiger partial charge in [-0.05, 0) is 44.9 Å².